The number of halogens is 2. The predicted octanol–water partition coefficient (Wildman–Crippen LogP) is 3.31. The highest BCUT2D eigenvalue weighted by atomic mass is 79.9. The van der Waals surface area contributed by atoms with Gasteiger partial charge in [-0.1, -0.05) is 41.9 Å². The second-order valence-corrected chi connectivity index (χ2v) is 6.28. The number of piperazine rings is 1. The van der Waals surface area contributed by atoms with Crippen molar-refractivity contribution in [1.82, 2.24) is 14.9 Å². The van der Waals surface area contributed by atoms with E-state index in [1.807, 2.05) is 30.3 Å². The smallest absolute Gasteiger partial charge is 0.227 e. The summed E-state index contributed by atoms with van der Waals surface area (Å²) in [4.78, 5) is 13.6. The van der Waals surface area contributed by atoms with Crippen LogP contribution in [0.5, 0.6) is 0 Å². The number of nitrogens with zero attached hydrogens (tertiary/aromatic N) is 4. The van der Waals surface area contributed by atoms with Crippen LogP contribution in [0.4, 0.5) is 5.95 Å². The molecule has 3 rings (SSSR count). The van der Waals surface area contributed by atoms with Gasteiger partial charge in [0, 0.05) is 31.7 Å². The molecule has 0 radical (unpaired) electrons. The third-order valence-corrected chi connectivity index (χ3v) is 4.89. The van der Waals surface area contributed by atoms with Crippen LogP contribution < -0.4 is 4.90 Å². The van der Waals surface area contributed by atoms with Crippen LogP contribution in [0.25, 0.3) is 11.3 Å². The Hall–Kier alpha value is -1.17. The second kappa shape index (κ2) is 6.30. The van der Waals surface area contributed by atoms with Crippen LogP contribution in [0.15, 0.2) is 34.8 Å². The van der Waals surface area contributed by atoms with Gasteiger partial charge >= 0.3 is 0 Å². The zero-order valence-corrected chi connectivity index (χ0v) is 14.1. The van der Waals surface area contributed by atoms with Crippen molar-refractivity contribution in [2.24, 2.45) is 0 Å². The molecule has 0 spiro atoms. The Morgan fingerprint density at radius 3 is 2.38 bits per heavy atom. The summed E-state index contributed by atoms with van der Waals surface area (Å²) in [6.07, 6.45) is 0. The standard InChI is InChI=1S/C15H16BrClN4/c1-20-7-9-21(10-8-20)15-18-13(12(16)14(17)19-15)11-5-3-2-4-6-11/h2-6H,7-10H2,1H3. The van der Waals surface area contributed by atoms with Crippen molar-refractivity contribution < 1.29 is 0 Å². The number of aromatic nitrogens is 2. The zero-order chi connectivity index (χ0) is 14.8. The molecular formula is C15H16BrClN4. The van der Waals surface area contributed by atoms with Gasteiger partial charge < -0.3 is 9.80 Å². The maximum atomic E-state index is 6.28. The van der Waals surface area contributed by atoms with Crippen molar-refractivity contribution >= 4 is 33.5 Å². The summed E-state index contributed by atoms with van der Waals surface area (Å²) in [6.45, 7) is 3.86. The molecule has 1 fully saturated rings. The minimum Gasteiger partial charge on any atom is -0.338 e. The molecule has 2 aromatic rings. The monoisotopic (exact) mass is 366 g/mol. The van der Waals surface area contributed by atoms with Gasteiger partial charge in [0.15, 0.2) is 0 Å². The third-order valence-electron chi connectivity index (χ3n) is 3.63. The number of rotatable bonds is 2. The molecule has 1 aliphatic rings. The Bertz CT molecular complexity index is 627. The fourth-order valence-electron chi connectivity index (χ4n) is 2.34. The number of benzene rings is 1. The molecule has 21 heavy (non-hydrogen) atoms. The summed E-state index contributed by atoms with van der Waals surface area (Å²) in [5, 5.41) is 0.456. The fraction of sp³-hybridized carbons (Fsp3) is 0.333. The molecule has 1 aromatic heterocycles. The average molecular weight is 368 g/mol. The topological polar surface area (TPSA) is 32.3 Å². The minimum atomic E-state index is 0.456. The van der Waals surface area contributed by atoms with Crippen LogP contribution in [-0.4, -0.2) is 48.1 Å². The van der Waals surface area contributed by atoms with Crippen LogP contribution in [0.1, 0.15) is 0 Å². The van der Waals surface area contributed by atoms with Crippen molar-refractivity contribution in [3.05, 3.63) is 40.0 Å². The molecular weight excluding hydrogens is 352 g/mol. The molecule has 0 amide bonds. The molecule has 1 saturated heterocycles. The first kappa shape index (κ1) is 14.8. The van der Waals surface area contributed by atoms with E-state index < -0.39 is 0 Å². The van der Waals surface area contributed by atoms with Crippen molar-refractivity contribution in [3.8, 4) is 11.3 Å². The van der Waals surface area contributed by atoms with Gasteiger partial charge in [-0.05, 0) is 23.0 Å². The zero-order valence-electron chi connectivity index (χ0n) is 11.8. The average Bonchev–Trinajstić information content (AvgIpc) is 2.51. The van der Waals surface area contributed by atoms with E-state index in [-0.39, 0.29) is 0 Å². The van der Waals surface area contributed by atoms with Crippen LogP contribution in [0.2, 0.25) is 5.15 Å². The summed E-state index contributed by atoms with van der Waals surface area (Å²) in [6, 6.07) is 10.0. The van der Waals surface area contributed by atoms with Gasteiger partial charge in [-0.25, -0.2) is 4.98 Å². The lowest BCUT2D eigenvalue weighted by molar-refractivity contribution is 0.311. The molecule has 0 N–H and O–H groups in total. The molecule has 1 aliphatic heterocycles. The van der Waals surface area contributed by atoms with E-state index >= 15 is 0 Å². The summed E-state index contributed by atoms with van der Waals surface area (Å²) in [5.41, 5.74) is 1.87. The summed E-state index contributed by atoms with van der Waals surface area (Å²) >= 11 is 9.78. The van der Waals surface area contributed by atoms with Crippen LogP contribution >= 0.6 is 27.5 Å². The Labute approximate surface area is 137 Å². The van der Waals surface area contributed by atoms with E-state index in [0.717, 1.165) is 41.9 Å². The molecule has 0 atom stereocenters. The summed E-state index contributed by atoms with van der Waals surface area (Å²) in [5.74, 6) is 0.704. The summed E-state index contributed by atoms with van der Waals surface area (Å²) in [7, 11) is 2.13. The van der Waals surface area contributed by atoms with Crippen LogP contribution in [0.3, 0.4) is 0 Å². The number of hydrogen-bond donors (Lipinski definition) is 0. The van der Waals surface area contributed by atoms with Crippen molar-refractivity contribution in [3.63, 3.8) is 0 Å². The highest BCUT2D eigenvalue weighted by molar-refractivity contribution is 9.10. The number of hydrogen-bond acceptors (Lipinski definition) is 4. The molecule has 1 aromatic carbocycles. The van der Waals surface area contributed by atoms with Crippen molar-refractivity contribution in [1.29, 1.82) is 0 Å². The Morgan fingerprint density at radius 1 is 1.05 bits per heavy atom. The van der Waals surface area contributed by atoms with E-state index in [0.29, 0.717) is 11.1 Å². The minimum absolute atomic E-state index is 0.456. The molecule has 2 heterocycles. The first-order valence-corrected chi connectivity index (χ1v) is 8.04. The predicted molar refractivity (Wildman–Crippen MR) is 89.9 cm³/mol. The van der Waals surface area contributed by atoms with Crippen molar-refractivity contribution in [2.75, 3.05) is 38.1 Å². The van der Waals surface area contributed by atoms with Gasteiger partial charge in [0.2, 0.25) is 5.95 Å². The number of likely N-dealkylation sites (N-methyl/N-ethyl adjacent to an activating group) is 1. The van der Waals surface area contributed by atoms with Gasteiger partial charge in [0.05, 0.1) is 10.2 Å². The number of anilines is 1. The van der Waals surface area contributed by atoms with E-state index in [2.05, 4.69) is 37.8 Å². The maximum Gasteiger partial charge on any atom is 0.227 e. The van der Waals surface area contributed by atoms with Gasteiger partial charge in [-0.15, -0.1) is 0 Å². The lowest BCUT2D eigenvalue weighted by Gasteiger charge is -2.32. The maximum absolute atomic E-state index is 6.28. The molecule has 110 valence electrons. The highest BCUT2D eigenvalue weighted by Gasteiger charge is 2.20. The Balaban J connectivity index is 1.98. The molecule has 4 nitrogen and oxygen atoms in total. The molecule has 0 aliphatic carbocycles. The SMILES string of the molecule is CN1CCN(c2nc(Cl)c(Br)c(-c3ccccc3)n2)CC1. The van der Waals surface area contributed by atoms with E-state index in [9.17, 15) is 0 Å². The molecule has 0 bridgehead atoms. The van der Waals surface area contributed by atoms with E-state index in [1.165, 1.54) is 0 Å². The van der Waals surface area contributed by atoms with E-state index in [4.69, 9.17) is 16.6 Å². The first-order chi connectivity index (χ1) is 10.1. The largest absolute Gasteiger partial charge is 0.338 e. The fourth-order valence-corrected chi connectivity index (χ4v) is 2.92. The van der Waals surface area contributed by atoms with Gasteiger partial charge in [0.1, 0.15) is 5.15 Å². The summed E-state index contributed by atoms with van der Waals surface area (Å²) < 4.78 is 0.744. The molecule has 6 heteroatoms. The lowest BCUT2D eigenvalue weighted by Crippen LogP contribution is -2.45. The van der Waals surface area contributed by atoms with Crippen LogP contribution in [-0.2, 0) is 0 Å². The van der Waals surface area contributed by atoms with E-state index in [1.54, 1.807) is 0 Å². The highest BCUT2D eigenvalue weighted by Crippen LogP contribution is 2.33. The normalized spacial score (nSPS) is 16.2. The quantitative estimate of drug-likeness (QED) is 0.762. The van der Waals surface area contributed by atoms with Gasteiger partial charge in [0.25, 0.3) is 0 Å². The first-order valence-electron chi connectivity index (χ1n) is 6.87. The van der Waals surface area contributed by atoms with Gasteiger partial charge in [-0.2, -0.15) is 4.98 Å². The van der Waals surface area contributed by atoms with Crippen molar-refractivity contribution in [2.45, 2.75) is 0 Å². The van der Waals surface area contributed by atoms with Gasteiger partial charge in [-0.3, -0.25) is 0 Å². The van der Waals surface area contributed by atoms with Crippen LogP contribution in [0, 0.1) is 0 Å². The lowest BCUT2D eigenvalue weighted by atomic mass is 10.1. The third kappa shape index (κ3) is 3.20. The molecule has 0 saturated carbocycles. The second-order valence-electron chi connectivity index (χ2n) is 5.13. The Kier molecular flexibility index (Phi) is 4.42. The molecule has 0 unspecified atom stereocenters. The Morgan fingerprint density at radius 2 is 1.71 bits per heavy atom.